The van der Waals surface area contributed by atoms with Gasteiger partial charge in [-0.3, -0.25) is 15.5 Å². The number of anilines is 2. The number of halogens is 3. The molecule has 3 aromatic rings. The highest BCUT2D eigenvalue weighted by Gasteiger charge is 2.24. The molecule has 0 bridgehead atoms. The van der Waals surface area contributed by atoms with Gasteiger partial charge in [0, 0.05) is 47.6 Å². The molecule has 11 heteroatoms. The average Bonchev–Trinajstić information content (AvgIpc) is 3.31. The monoisotopic (exact) mass is 523 g/mol. The zero-order valence-corrected chi connectivity index (χ0v) is 21.6. The van der Waals surface area contributed by atoms with Crippen molar-refractivity contribution in [3.8, 4) is 5.69 Å². The number of carbonyl (C=O) groups is 1. The van der Waals surface area contributed by atoms with Gasteiger partial charge < -0.3 is 4.74 Å². The van der Waals surface area contributed by atoms with Gasteiger partial charge in [-0.1, -0.05) is 32.4 Å². The standard InChI is InChI=1S/C24H28ClF2N5O2S/c1-14-21(25)18(13-31-7-9-34-10-8-31)35-22(14)29-23(33)28-20-12-19(24(2,3)4)30-32(20)17-6-5-15(26)11-16(17)27/h5-6,11-12H,7-10,13H2,1-4H3,(H2,28,29,33). The molecule has 0 unspecified atom stereocenters. The molecule has 0 radical (unpaired) electrons. The van der Waals surface area contributed by atoms with Crippen LogP contribution in [0.2, 0.25) is 5.02 Å². The van der Waals surface area contributed by atoms with Crippen LogP contribution < -0.4 is 10.6 Å². The molecule has 1 fully saturated rings. The van der Waals surface area contributed by atoms with E-state index < -0.39 is 17.7 Å². The summed E-state index contributed by atoms with van der Waals surface area (Å²) in [7, 11) is 0. The lowest BCUT2D eigenvalue weighted by Crippen LogP contribution is -2.35. The van der Waals surface area contributed by atoms with Crippen molar-refractivity contribution in [2.24, 2.45) is 0 Å². The number of ether oxygens (including phenoxy) is 1. The number of thiophene rings is 1. The van der Waals surface area contributed by atoms with Crippen LogP contribution in [-0.2, 0) is 16.7 Å². The highest BCUT2D eigenvalue weighted by atomic mass is 35.5. The van der Waals surface area contributed by atoms with Crippen molar-refractivity contribution in [2.45, 2.75) is 39.7 Å². The van der Waals surface area contributed by atoms with Gasteiger partial charge in [-0.15, -0.1) is 11.3 Å². The largest absolute Gasteiger partial charge is 0.379 e. The number of nitrogens with zero attached hydrogens (tertiary/aromatic N) is 3. The van der Waals surface area contributed by atoms with Crippen LogP contribution in [0.15, 0.2) is 24.3 Å². The molecule has 1 saturated heterocycles. The number of nitrogens with one attached hydrogen (secondary N) is 2. The van der Waals surface area contributed by atoms with E-state index in [0.717, 1.165) is 35.7 Å². The molecule has 3 heterocycles. The smallest absolute Gasteiger partial charge is 0.325 e. The highest BCUT2D eigenvalue weighted by Crippen LogP contribution is 2.37. The fraction of sp³-hybridized carbons (Fsp3) is 0.417. The third-order valence-electron chi connectivity index (χ3n) is 5.70. The minimum absolute atomic E-state index is 0.0281. The van der Waals surface area contributed by atoms with E-state index in [2.05, 4.69) is 20.6 Å². The van der Waals surface area contributed by atoms with Crippen LogP contribution >= 0.6 is 22.9 Å². The number of carbonyl (C=O) groups excluding carboxylic acids is 1. The van der Waals surface area contributed by atoms with Crippen LogP contribution in [-0.4, -0.2) is 47.0 Å². The summed E-state index contributed by atoms with van der Waals surface area (Å²) in [6.07, 6.45) is 0. The SMILES string of the molecule is Cc1c(NC(=O)Nc2cc(C(C)(C)C)nn2-c2ccc(F)cc2F)sc(CN2CCOCC2)c1Cl. The summed E-state index contributed by atoms with van der Waals surface area (Å²) in [6.45, 7) is 11.4. The number of aromatic nitrogens is 2. The van der Waals surface area contributed by atoms with E-state index >= 15 is 0 Å². The second kappa shape index (κ2) is 10.2. The van der Waals surface area contributed by atoms with Crippen LogP contribution in [0.1, 0.15) is 36.9 Å². The number of hydrogen-bond donors (Lipinski definition) is 2. The molecule has 1 aliphatic heterocycles. The predicted molar refractivity (Wildman–Crippen MR) is 135 cm³/mol. The van der Waals surface area contributed by atoms with Crippen molar-refractivity contribution in [3.63, 3.8) is 0 Å². The fourth-order valence-corrected chi connectivity index (χ4v) is 5.12. The molecule has 0 spiro atoms. The summed E-state index contributed by atoms with van der Waals surface area (Å²) in [5.41, 5.74) is 1.09. The Morgan fingerprint density at radius 1 is 1.20 bits per heavy atom. The average molecular weight is 524 g/mol. The third kappa shape index (κ3) is 5.83. The topological polar surface area (TPSA) is 71.4 Å². The lowest BCUT2D eigenvalue weighted by atomic mass is 9.92. The molecule has 4 rings (SSSR count). The second-order valence-electron chi connectivity index (χ2n) is 9.43. The highest BCUT2D eigenvalue weighted by molar-refractivity contribution is 7.17. The fourth-order valence-electron chi connectivity index (χ4n) is 3.66. The zero-order valence-electron chi connectivity index (χ0n) is 20.0. The summed E-state index contributed by atoms with van der Waals surface area (Å²) in [6, 6.07) is 4.38. The number of benzene rings is 1. The minimum Gasteiger partial charge on any atom is -0.379 e. The first kappa shape index (κ1) is 25.6. The number of rotatable bonds is 5. The maximum atomic E-state index is 14.5. The van der Waals surface area contributed by atoms with Crippen LogP contribution in [0.4, 0.5) is 24.4 Å². The second-order valence-corrected chi connectivity index (χ2v) is 10.9. The van der Waals surface area contributed by atoms with E-state index in [-0.39, 0.29) is 16.9 Å². The summed E-state index contributed by atoms with van der Waals surface area (Å²) in [4.78, 5) is 16.2. The molecule has 1 aliphatic rings. The van der Waals surface area contributed by atoms with Gasteiger partial charge in [0.1, 0.15) is 22.3 Å². The summed E-state index contributed by atoms with van der Waals surface area (Å²) in [5, 5.41) is 11.4. The van der Waals surface area contributed by atoms with Crippen molar-refractivity contribution in [1.82, 2.24) is 14.7 Å². The first-order valence-corrected chi connectivity index (χ1v) is 12.4. The predicted octanol–water partition coefficient (Wildman–Crippen LogP) is 5.95. The van der Waals surface area contributed by atoms with Gasteiger partial charge in [-0.05, 0) is 19.1 Å². The lowest BCUT2D eigenvalue weighted by molar-refractivity contribution is 0.0346. The minimum atomic E-state index is -0.786. The number of amides is 2. The molecular weight excluding hydrogens is 496 g/mol. The Hall–Kier alpha value is -2.53. The summed E-state index contributed by atoms with van der Waals surface area (Å²) in [5.74, 6) is -1.22. The maximum Gasteiger partial charge on any atom is 0.325 e. The van der Waals surface area contributed by atoms with Crippen LogP contribution in [0.5, 0.6) is 0 Å². The molecule has 0 atom stereocenters. The van der Waals surface area contributed by atoms with Gasteiger partial charge in [-0.2, -0.15) is 5.10 Å². The van der Waals surface area contributed by atoms with E-state index in [1.165, 1.54) is 22.1 Å². The Kier molecular flexibility index (Phi) is 7.46. The van der Waals surface area contributed by atoms with Gasteiger partial charge in [0.05, 0.1) is 23.9 Å². The van der Waals surface area contributed by atoms with Crippen molar-refractivity contribution in [2.75, 3.05) is 36.9 Å². The van der Waals surface area contributed by atoms with Gasteiger partial charge in [0.25, 0.3) is 0 Å². The number of hydrogen-bond acceptors (Lipinski definition) is 5. The van der Waals surface area contributed by atoms with Crippen molar-refractivity contribution in [3.05, 3.63) is 57.1 Å². The van der Waals surface area contributed by atoms with Crippen LogP contribution in [0, 0.1) is 18.6 Å². The maximum absolute atomic E-state index is 14.5. The Bertz CT molecular complexity index is 1230. The van der Waals surface area contributed by atoms with E-state index in [0.29, 0.717) is 35.5 Å². The molecule has 2 amide bonds. The molecule has 35 heavy (non-hydrogen) atoms. The normalized spacial score (nSPS) is 14.8. The summed E-state index contributed by atoms with van der Waals surface area (Å²) < 4.78 is 34.7. The molecule has 188 valence electrons. The Balaban J connectivity index is 1.56. The molecule has 0 aliphatic carbocycles. The third-order valence-corrected chi connectivity index (χ3v) is 7.51. The quantitative estimate of drug-likeness (QED) is 0.433. The van der Waals surface area contributed by atoms with E-state index in [1.54, 1.807) is 6.07 Å². The van der Waals surface area contributed by atoms with Gasteiger partial charge in [0.2, 0.25) is 0 Å². The molecule has 2 aromatic heterocycles. The van der Waals surface area contributed by atoms with Crippen molar-refractivity contribution < 1.29 is 18.3 Å². The van der Waals surface area contributed by atoms with E-state index in [4.69, 9.17) is 16.3 Å². The van der Waals surface area contributed by atoms with Gasteiger partial charge in [-0.25, -0.2) is 18.3 Å². The van der Waals surface area contributed by atoms with Crippen LogP contribution in [0.25, 0.3) is 5.69 Å². The zero-order chi connectivity index (χ0) is 25.3. The molecule has 0 saturated carbocycles. The van der Waals surface area contributed by atoms with E-state index in [1.807, 2.05) is 27.7 Å². The van der Waals surface area contributed by atoms with Crippen LogP contribution in [0.3, 0.4) is 0 Å². The van der Waals surface area contributed by atoms with E-state index in [9.17, 15) is 13.6 Å². The van der Waals surface area contributed by atoms with Gasteiger partial charge >= 0.3 is 6.03 Å². The molecule has 1 aromatic carbocycles. The Morgan fingerprint density at radius 3 is 2.57 bits per heavy atom. The molecule has 7 nitrogen and oxygen atoms in total. The molecular formula is C24H28ClF2N5O2S. The Morgan fingerprint density at radius 2 is 1.91 bits per heavy atom. The lowest BCUT2D eigenvalue weighted by Gasteiger charge is -2.26. The van der Waals surface area contributed by atoms with Crippen molar-refractivity contribution in [1.29, 1.82) is 0 Å². The first-order valence-electron chi connectivity index (χ1n) is 11.2. The number of urea groups is 1. The van der Waals surface area contributed by atoms with Crippen molar-refractivity contribution >= 4 is 39.8 Å². The summed E-state index contributed by atoms with van der Waals surface area (Å²) >= 11 is 7.98. The van der Waals surface area contributed by atoms with Gasteiger partial charge in [0.15, 0.2) is 5.82 Å². The first-order chi connectivity index (χ1) is 16.5. The Labute approximate surface area is 212 Å². The number of morpholine rings is 1. The molecule has 2 N–H and O–H groups in total.